The normalized spacial score (nSPS) is 13.5. The van der Waals surface area contributed by atoms with Crippen molar-refractivity contribution in [1.29, 1.82) is 0 Å². The molecule has 5 rings (SSSR count). The number of imidazole rings is 1. The summed E-state index contributed by atoms with van der Waals surface area (Å²) in [6.45, 7) is 5.32. The number of aromatic nitrogens is 5. The van der Waals surface area contributed by atoms with E-state index in [1.807, 2.05) is 43.0 Å². The zero-order valence-electron chi connectivity index (χ0n) is 17.4. The minimum atomic E-state index is -0.0723. The van der Waals surface area contributed by atoms with Gasteiger partial charge in [0.25, 0.3) is 11.8 Å². The van der Waals surface area contributed by atoms with E-state index in [9.17, 15) is 4.79 Å². The molecule has 0 bridgehead atoms. The molecule has 8 heteroatoms. The van der Waals surface area contributed by atoms with E-state index in [4.69, 9.17) is 4.52 Å². The number of fused-ring (bicyclic) bond motifs is 1. The first-order valence-electron chi connectivity index (χ1n) is 10.3. The van der Waals surface area contributed by atoms with E-state index in [1.54, 1.807) is 23.3 Å². The molecule has 0 aliphatic carbocycles. The second-order valence-corrected chi connectivity index (χ2v) is 7.93. The van der Waals surface area contributed by atoms with E-state index in [1.165, 1.54) is 11.1 Å². The molecule has 3 aromatic heterocycles. The Labute approximate surface area is 179 Å². The number of carbonyl (C=O) groups is 1. The van der Waals surface area contributed by atoms with Crippen LogP contribution in [0.25, 0.3) is 17.3 Å². The third-order valence-electron chi connectivity index (χ3n) is 5.44. The summed E-state index contributed by atoms with van der Waals surface area (Å²) < 4.78 is 7.05. The Morgan fingerprint density at radius 1 is 1.10 bits per heavy atom. The van der Waals surface area contributed by atoms with Crippen LogP contribution in [0.15, 0.2) is 59.6 Å². The van der Waals surface area contributed by atoms with Crippen molar-refractivity contribution in [2.24, 2.45) is 0 Å². The Morgan fingerprint density at radius 3 is 2.68 bits per heavy atom. The van der Waals surface area contributed by atoms with Gasteiger partial charge in [0.2, 0.25) is 0 Å². The van der Waals surface area contributed by atoms with E-state index < -0.39 is 0 Å². The second-order valence-electron chi connectivity index (χ2n) is 7.93. The van der Waals surface area contributed by atoms with Crippen LogP contribution in [-0.2, 0) is 13.0 Å². The van der Waals surface area contributed by atoms with Crippen molar-refractivity contribution in [2.75, 3.05) is 6.54 Å². The number of rotatable bonds is 4. The molecule has 31 heavy (non-hydrogen) atoms. The minimum absolute atomic E-state index is 0.0723. The molecule has 1 aromatic carbocycles. The van der Waals surface area contributed by atoms with Crippen molar-refractivity contribution in [3.8, 4) is 17.3 Å². The number of amides is 1. The predicted octanol–water partition coefficient (Wildman–Crippen LogP) is 3.64. The zero-order valence-corrected chi connectivity index (χ0v) is 17.4. The maximum atomic E-state index is 13.0. The third-order valence-corrected chi connectivity index (χ3v) is 5.44. The van der Waals surface area contributed by atoms with Gasteiger partial charge in [-0.15, -0.1) is 0 Å². The first-order chi connectivity index (χ1) is 15.1. The maximum absolute atomic E-state index is 13.0. The van der Waals surface area contributed by atoms with Gasteiger partial charge in [0, 0.05) is 31.4 Å². The van der Waals surface area contributed by atoms with Gasteiger partial charge >= 0.3 is 0 Å². The summed E-state index contributed by atoms with van der Waals surface area (Å²) in [5, 5.41) is 3.98. The lowest BCUT2D eigenvalue weighted by atomic mass is 10.00. The Balaban J connectivity index is 1.31. The summed E-state index contributed by atoms with van der Waals surface area (Å²) in [7, 11) is 0. The number of hydrogen-bond donors (Lipinski definition) is 0. The topological polar surface area (TPSA) is 89.9 Å². The first-order valence-corrected chi connectivity index (χ1v) is 10.3. The smallest absolute Gasteiger partial charge is 0.274 e. The highest BCUT2D eigenvalue weighted by Crippen LogP contribution is 2.22. The van der Waals surface area contributed by atoms with Crippen LogP contribution in [0.2, 0.25) is 0 Å². The monoisotopic (exact) mass is 414 g/mol. The van der Waals surface area contributed by atoms with Gasteiger partial charge in [-0.3, -0.25) is 9.36 Å². The van der Waals surface area contributed by atoms with Crippen molar-refractivity contribution < 1.29 is 9.32 Å². The van der Waals surface area contributed by atoms with Gasteiger partial charge < -0.3 is 9.42 Å². The number of carbonyl (C=O) groups excluding carboxylic acids is 1. The number of nitrogens with zero attached hydrogens (tertiary/aromatic N) is 6. The number of hydrogen-bond acceptors (Lipinski definition) is 6. The van der Waals surface area contributed by atoms with Crippen LogP contribution in [0, 0.1) is 0 Å². The largest absolute Gasteiger partial charge is 0.334 e. The van der Waals surface area contributed by atoms with Gasteiger partial charge in [0.15, 0.2) is 5.82 Å². The van der Waals surface area contributed by atoms with Crippen LogP contribution in [0.4, 0.5) is 0 Å². The lowest BCUT2D eigenvalue weighted by Gasteiger charge is -2.28. The first kappa shape index (κ1) is 19.2. The van der Waals surface area contributed by atoms with Crippen molar-refractivity contribution in [1.82, 2.24) is 29.6 Å². The second kappa shape index (κ2) is 7.79. The zero-order chi connectivity index (χ0) is 21.4. The van der Waals surface area contributed by atoms with E-state index in [2.05, 4.69) is 32.2 Å². The molecule has 0 fully saturated rings. The maximum Gasteiger partial charge on any atom is 0.274 e. The van der Waals surface area contributed by atoms with Gasteiger partial charge in [0.05, 0.1) is 5.56 Å². The van der Waals surface area contributed by atoms with Crippen LogP contribution in [0.5, 0.6) is 0 Å². The highest BCUT2D eigenvalue weighted by atomic mass is 16.5. The fourth-order valence-corrected chi connectivity index (χ4v) is 3.64. The number of benzene rings is 1. The van der Waals surface area contributed by atoms with E-state index in [0.717, 1.165) is 12.0 Å². The molecule has 0 saturated carbocycles. The Bertz CT molecular complexity index is 1220. The minimum Gasteiger partial charge on any atom is -0.334 e. The standard InChI is InChI=1S/C23H22N6O2/c1-15(2)21-26-22(31-27-21)17-7-8-20(24-11-17)29-13-19(25-14-29)23(30)28-10-9-16-5-3-4-6-18(16)12-28/h3-8,11,13-15H,9-10,12H2,1-2H3. The average molecular weight is 414 g/mol. The van der Waals surface area contributed by atoms with Crippen LogP contribution < -0.4 is 0 Å². The molecule has 0 unspecified atom stereocenters. The summed E-state index contributed by atoms with van der Waals surface area (Å²) in [5.41, 5.74) is 3.65. The fourth-order valence-electron chi connectivity index (χ4n) is 3.64. The molecule has 1 amide bonds. The molecule has 0 N–H and O–H groups in total. The lowest BCUT2D eigenvalue weighted by Crippen LogP contribution is -2.36. The SMILES string of the molecule is CC(C)c1noc(-c2ccc(-n3cnc(C(=O)N4CCc5ccccc5C4)c3)nc2)n1. The molecular weight excluding hydrogens is 392 g/mol. The molecule has 0 radical (unpaired) electrons. The van der Waals surface area contributed by atoms with E-state index in [0.29, 0.717) is 36.3 Å². The molecule has 156 valence electrons. The highest BCUT2D eigenvalue weighted by molar-refractivity contribution is 5.92. The van der Waals surface area contributed by atoms with Crippen LogP contribution in [0.1, 0.15) is 47.2 Å². The van der Waals surface area contributed by atoms with Crippen LogP contribution in [-0.4, -0.2) is 42.0 Å². The van der Waals surface area contributed by atoms with Crippen LogP contribution >= 0.6 is 0 Å². The van der Waals surface area contributed by atoms with Crippen molar-refractivity contribution >= 4 is 5.91 Å². The van der Waals surface area contributed by atoms with Crippen molar-refractivity contribution in [3.05, 3.63) is 77.8 Å². The predicted molar refractivity (Wildman–Crippen MR) is 114 cm³/mol. The van der Waals surface area contributed by atoms with Crippen molar-refractivity contribution in [2.45, 2.75) is 32.7 Å². The molecule has 0 atom stereocenters. The van der Waals surface area contributed by atoms with Crippen molar-refractivity contribution in [3.63, 3.8) is 0 Å². The summed E-state index contributed by atoms with van der Waals surface area (Å²) in [5.74, 6) is 1.88. The summed E-state index contributed by atoms with van der Waals surface area (Å²) in [6, 6.07) is 11.9. The van der Waals surface area contributed by atoms with Gasteiger partial charge in [-0.2, -0.15) is 4.98 Å². The molecule has 1 aliphatic rings. The Morgan fingerprint density at radius 2 is 1.94 bits per heavy atom. The van der Waals surface area contributed by atoms with Gasteiger partial charge in [-0.05, 0) is 29.7 Å². The third kappa shape index (κ3) is 3.72. The summed E-state index contributed by atoms with van der Waals surface area (Å²) >= 11 is 0. The highest BCUT2D eigenvalue weighted by Gasteiger charge is 2.23. The molecule has 8 nitrogen and oxygen atoms in total. The van der Waals surface area contributed by atoms with Gasteiger partial charge in [0.1, 0.15) is 17.8 Å². The van der Waals surface area contributed by atoms with Gasteiger partial charge in [-0.25, -0.2) is 9.97 Å². The molecule has 0 spiro atoms. The Kier molecular flexibility index (Phi) is 4.82. The molecule has 0 saturated heterocycles. The van der Waals surface area contributed by atoms with E-state index in [-0.39, 0.29) is 11.8 Å². The van der Waals surface area contributed by atoms with Gasteiger partial charge in [-0.1, -0.05) is 43.3 Å². The molecule has 4 aromatic rings. The molecule has 1 aliphatic heterocycles. The average Bonchev–Trinajstić information content (AvgIpc) is 3.49. The van der Waals surface area contributed by atoms with Crippen LogP contribution in [0.3, 0.4) is 0 Å². The molecule has 4 heterocycles. The quantitative estimate of drug-likeness (QED) is 0.506. The molecular formula is C23H22N6O2. The summed E-state index contributed by atoms with van der Waals surface area (Å²) in [4.78, 5) is 28.0. The Hall–Kier alpha value is -3.81. The van der Waals surface area contributed by atoms with E-state index >= 15 is 0 Å². The number of pyridine rings is 1. The summed E-state index contributed by atoms with van der Waals surface area (Å²) in [6.07, 6.45) is 5.86. The lowest BCUT2D eigenvalue weighted by molar-refractivity contribution is 0.0729. The fraction of sp³-hybridized carbons (Fsp3) is 0.261.